The molecule has 0 spiro atoms. The highest BCUT2D eigenvalue weighted by atomic mass is 16.6. The Labute approximate surface area is 70.5 Å². The number of oxime groups is 1. The zero-order valence-corrected chi connectivity index (χ0v) is 6.55. The molecule has 4 nitrogen and oxygen atoms in total. The van der Waals surface area contributed by atoms with Crippen LogP contribution in [0.3, 0.4) is 0 Å². The zero-order chi connectivity index (χ0) is 8.65. The highest BCUT2D eigenvalue weighted by molar-refractivity contribution is 5.78. The third-order valence-corrected chi connectivity index (χ3v) is 1.14. The van der Waals surface area contributed by atoms with E-state index in [-0.39, 0.29) is 13.2 Å². The number of rotatable bonds is 4. The summed E-state index contributed by atoms with van der Waals surface area (Å²) in [7, 11) is 0. The molecule has 1 aromatic rings. The predicted octanol–water partition coefficient (Wildman–Crippen LogP) is 0.424. The summed E-state index contributed by atoms with van der Waals surface area (Å²) in [6.45, 7) is 0.196. The average molecular weight is 166 g/mol. The maximum absolute atomic E-state index is 8.35. The van der Waals surface area contributed by atoms with Crippen molar-refractivity contribution in [3.8, 4) is 0 Å². The van der Waals surface area contributed by atoms with E-state index < -0.39 is 0 Å². The Morgan fingerprint density at radius 1 is 1.67 bits per heavy atom. The summed E-state index contributed by atoms with van der Waals surface area (Å²) in [5.41, 5.74) is 0.871. The molecule has 0 atom stereocenters. The van der Waals surface area contributed by atoms with Gasteiger partial charge in [-0.1, -0.05) is 11.2 Å². The first-order valence-corrected chi connectivity index (χ1v) is 3.59. The van der Waals surface area contributed by atoms with Gasteiger partial charge in [-0.15, -0.1) is 0 Å². The normalized spacial score (nSPS) is 10.4. The van der Waals surface area contributed by atoms with Crippen LogP contribution in [0.15, 0.2) is 29.7 Å². The molecule has 12 heavy (non-hydrogen) atoms. The minimum atomic E-state index is -0.0234. The largest absolute Gasteiger partial charge is 0.393 e. The molecule has 0 radical (unpaired) electrons. The van der Waals surface area contributed by atoms with Crippen molar-refractivity contribution in [2.24, 2.45) is 5.16 Å². The van der Waals surface area contributed by atoms with Crippen LogP contribution < -0.4 is 0 Å². The van der Waals surface area contributed by atoms with E-state index in [9.17, 15) is 0 Å². The Hall–Kier alpha value is -1.42. The van der Waals surface area contributed by atoms with Gasteiger partial charge in [0.25, 0.3) is 0 Å². The lowest BCUT2D eigenvalue weighted by molar-refractivity contribution is 0.0997. The van der Waals surface area contributed by atoms with Crippen molar-refractivity contribution < 1.29 is 9.94 Å². The Morgan fingerprint density at radius 3 is 3.25 bits per heavy atom. The molecule has 0 aliphatic rings. The minimum Gasteiger partial charge on any atom is -0.393 e. The van der Waals surface area contributed by atoms with Crippen LogP contribution in [0.1, 0.15) is 5.56 Å². The van der Waals surface area contributed by atoms with Crippen molar-refractivity contribution in [3.63, 3.8) is 0 Å². The fraction of sp³-hybridized carbons (Fsp3) is 0.250. The smallest absolute Gasteiger partial charge is 0.140 e. The fourth-order valence-electron chi connectivity index (χ4n) is 0.644. The lowest BCUT2D eigenvalue weighted by atomic mass is 10.3. The van der Waals surface area contributed by atoms with Gasteiger partial charge in [0.05, 0.1) is 12.8 Å². The summed E-state index contributed by atoms with van der Waals surface area (Å²) >= 11 is 0. The molecule has 0 bridgehead atoms. The molecule has 1 aromatic heterocycles. The van der Waals surface area contributed by atoms with E-state index in [1.54, 1.807) is 18.6 Å². The fourth-order valence-corrected chi connectivity index (χ4v) is 0.644. The Balaban J connectivity index is 2.36. The molecule has 0 fully saturated rings. The molecule has 4 heteroatoms. The lowest BCUT2D eigenvalue weighted by Crippen LogP contribution is -1.93. The molecule has 64 valence electrons. The number of nitrogens with zero attached hydrogens (tertiary/aromatic N) is 2. The summed E-state index contributed by atoms with van der Waals surface area (Å²) in [5, 5.41) is 12.0. The van der Waals surface area contributed by atoms with Crippen LogP contribution in [0.25, 0.3) is 0 Å². The Morgan fingerprint density at radius 2 is 2.58 bits per heavy atom. The van der Waals surface area contributed by atoms with Gasteiger partial charge in [0.15, 0.2) is 0 Å². The molecule has 0 amide bonds. The maximum atomic E-state index is 8.35. The topological polar surface area (TPSA) is 54.7 Å². The average Bonchev–Trinajstić information content (AvgIpc) is 2.14. The first-order valence-electron chi connectivity index (χ1n) is 3.59. The molecule has 0 saturated heterocycles. The standard InChI is InChI=1S/C8H10N2O2/c11-4-5-12-10-7-8-2-1-3-9-6-8/h1-3,6-7,11H,4-5H2/b10-7+. The third kappa shape index (κ3) is 3.12. The van der Waals surface area contributed by atoms with Crippen LogP contribution in [-0.4, -0.2) is 29.5 Å². The number of aliphatic hydroxyl groups is 1. The molecule has 0 saturated carbocycles. The molecule has 0 aliphatic carbocycles. The van der Waals surface area contributed by atoms with Crippen molar-refractivity contribution in [1.82, 2.24) is 4.98 Å². The van der Waals surface area contributed by atoms with E-state index in [0.717, 1.165) is 5.56 Å². The molecule has 0 aliphatic heterocycles. The maximum Gasteiger partial charge on any atom is 0.140 e. The van der Waals surface area contributed by atoms with Crippen molar-refractivity contribution in [2.75, 3.05) is 13.2 Å². The second kappa shape index (κ2) is 5.26. The molecule has 1 N–H and O–H groups in total. The molecule has 0 aromatic carbocycles. The van der Waals surface area contributed by atoms with E-state index in [2.05, 4.69) is 15.0 Å². The SMILES string of the molecule is OCCO/N=C/c1cccnc1. The summed E-state index contributed by atoms with van der Waals surface area (Å²) in [4.78, 5) is 8.57. The highest BCUT2D eigenvalue weighted by Gasteiger charge is 1.84. The first kappa shape index (κ1) is 8.67. The summed E-state index contributed by atoms with van der Waals surface area (Å²) in [6.07, 6.45) is 4.90. The summed E-state index contributed by atoms with van der Waals surface area (Å²) < 4.78 is 0. The van der Waals surface area contributed by atoms with Gasteiger partial charge < -0.3 is 9.94 Å². The summed E-state index contributed by atoms with van der Waals surface area (Å²) in [5.74, 6) is 0. The quantitative estimate of drug-likeness (QED) is 0.401. The number of aromatic nitrogens is 1. The van der Waals surface area contributed by atoms with E-state index in [4.69, 9.17) is 5.11 Å². The van der Waals surface area contributed by atoms with Crippen molar-refractivity contribution in [3.05, 3.63) is 30.1 Å². The zero-order valence-electron chi connectivity index (χ0n) is 6.55. The summed E-state index contributed by atoms with van der Waals surface area (Å²) in [6, 6.07) is 3.67. The van der Waals surface area contributed by atoms with Gasteiger partial charge in [0.2, 0.25) is 0 Å². The highest BCUT2D eigenvalue weighted by Crippen LogP contribution is 1.90. The van der Waals surface area contributed by atoms with Crippen LogP contribution in [0.2, 0.25) is 0 Å². The monoisotopic (exact) mass is 166 g/mol. The predicted molar refractivity (Wildman–Crippen MR) is 44.9 cm³/mol. The van der Waals surface area contributed by atoms with Gasteiger partial charge in [-0.05, 0) is 6.07 Å². The van der Waals surface area contributed by atoms with Crippen molar-refractivity contribution in [2.45, 2.75) is 0 Å². The van der Waals surface area contributed by atoms with Crippen LogP contribution in [0.4, 0.5) is 0 Å². The molecule has 0 unspecified atom stereocenters. The Bertz CT molecular complexity index is 236. The molecular weight excluding hydrogens is 156 g/mol. The third-order valence-electron chi connectivity index (χ3n) is 1.14. The van der Waals surface area contributed by atoms with E-state index >= 15 is 0 Å². The number of hydrogen-bond donors (Lipinski definition) is 1. The number of pyridine rings is 1. The van der Waals surface area contributed by atoms with Gasteiger partial charge >= 0.3 is 0 Å². The van der Waals surface area contributed by atoms with Crippen molar-refractivity contribution in [1.29, 1.82) is 0 Å². The van der Waals surface area contributed by atoms with Crippen molar-refractivity contribution >= 4 is 6.21 Å². The minimum absolute atomic E-state index is 0.0234. The number of hydrogen-bond acceptors (Lipinski definition) is 4. The van der Waals surface area contributed by atoms with Crippen LogP contribution in [0.5, 0.6) is 0 Å². The van der Waals surface area contributed by atoms with Gasteiger partial charge in [0, 0.05) is 18.0 Å². The van der Waals surface area contributed by atoms with E-state index in [0.29, 0.717) is 0 Å². The van der Waals surface area contributed by atoms with Gasteiger partial charge in [0.1, 0.15) is 6.61 Å². The van der Waals surface area contributed by atoms with Gasteiger partial charge in [-0.25, -0.2) is 0 Å². The second-order valence-electron chi connectivity index (χ2n) is 2.08. The lowest BCUT2D eigenvalue weighted by Gasteiger charge is -1.93. The van der Waals surface area contributed by atoms with Gasteiger partial charge in [-0.3, -0.25) is 4.98 Å². The first-order chi connectivity index (χ1) is 5.93. The second-order valence-corrected chi connectivity index (χ2v) is 2.08. The molecular formula is C8H10N2O2. The Kier molecular flexibility index (Phi) is 3.80. The van der Waals surface area contributed by atoms with E-state index in [1.807, 2.05) is 12.1 Å². The van der Waals surface area contributed by atoms with Crippen LogP contribution in [0, 0.1) is 0 Å². The molecule has 1 heterocycles. The van der Waals surface area contributed by atoms with E-state index in [1.165, 1.54) is 0 Å². The molecule has 1 rings (SSSR count). The van der Waals surface area contributed by atoms with Gasteiger partial charge in [-0.2, -0.15) is 0 Å². The van der Waals surface area contributed by atoms with Crippen LogP contribution in [-0.2, 0) is 4.84 Å². The number of aliphatic hydroxyl groups excluding tert-OH is 1. The van der Waals surface area contributed by atoms with Crippen LogP contribution >= 0.6 is 0 Å².